The monoisotopic (exact) mass is 352 g/mol. The highest BCUT2D eigenvalue weighted by Gasteiger charge is 2.36. The molecule has 0 bridgehead atoms. The number of rotatable bonds is 9. The van der Waals surface area contributed by atoms with E-state index in [0.29, 0.717) is 6.61 Å². The van der Waals surface area contributed by atoms with Crippen molar-refractivity contribution in [2.75, 3.05) is 27.9 Å². The summed E-state index contributed by atoms with van der Waals surface area (Å²) in [5.41, 5.74) is 1.46. The van der Waals surface area contributed by atoms with Crippen LogP contribution in [-0.2, 0) is 13.3 Å². The van der Waals surface area contributed by atoms with E-state index >= 15 is 0 Å². The molecule has 1 aromatic rings. The summed E-state index contributed by atoms with van der Waals surface area (Å²) in [6.45, 7) is 3.01. The summed E-state index contributed by atoms with van der Waals surface area (Å²) in [7, 11) is 2.46. The summed E-state index contributed by atoms with van der Waals surface area (Å²) in [6, 6.07) is 9.42. The van der Waals surface area contributed by atoms with Gasteiger partial charge in [0.2, 0.25) is 0 Å². The van der Waals surface area contributed by atoms with Crippen LogP contribution in [0.15, 0.2) is 24.3 Å². The second-order valence-corrected chi connectivity index (χ2v) is 9.86. The maximum atomic E-state index is 5.85. The average Bonchev–Trinajstić information content (AvgIpc) is 2.64. The maximum Gasteiger partial charge on any atom is 0.500 e. The minimum Gasteiger partial charge on any atom is -0.494 e. The highest BCUT2D eigenvalue weighted by Crippen LogP contribution is 2.35. The van der Waals surface area contributed by atoms with E-state index in [-0.39, 0.29) is 0 Å². The van der Waals surface area contributed by atoms with Crippen LogP contribution in [0.1, 0.15) is 50.5 Å². The lowest BCUT2D eigenvalue weighted by atomic mass is 9.79. The second-order valence-electron chi connectivity index (χ2n) is 6.77. The van der Waals surface area contributed by atoms with Gasteiger partial charge in [-0.3, -0.25) is 0 Å². The molecule has 0 heterocycles. The lowest BCUT2D eigenvalue weighted by Gasteiger charge is -2.26. The van der Waals surface area contributed by atoms with Crippen molar-refractivity contribution in [2.45, 2.75) is 51.0 Å². The van der Waals surface area contributed by atoms with E-state index in [2.05, 4.69) is 31.2 Å². The fraction of sp³-hybridized carbons (Fsp3) is 0.684. The van der Waals surface area contributed by atoms with E-state index in [1.807, 2.05) is 0 Å². The van der Waals surface area contributed by atoms with Crippen molar-refractivity contribution in [1.29, 1.82) is 0 Å². The Labute approximate surface area is 147 Å². The van der Waals surface area contributed by atoms with Crippen LogP contribution < -0.4 is 4.74 Å². The first kappa shape index (κ1) is 19.4. The molecule has 4 nitrogen and oxygen atoms in total. The first-order valence-corrected chi connectivity index (χ1v) is 10.9. The Kier molecular flexibility index (Phi) is 7.75. The molecule has 0 radical (unpaired) electrons. The molecule has 136 valence electrons. The zero-order chi connectivity index (χ0) is 17.4. The van der Waals surface area contributed by atoms with E-state index in [1.165, 1.54) is 31.2 Å². The zero-order valence-electron chi connectivity index (χ0n) is 15.5. The van der Waals surface area contributed by atoms with E-state index in [0.717, 1.165) is 30.1 Å². The molecule has 0 amide bonds. The summed E-state index contributed by atoms with van der Waals surface area (Å²) in [4.78, 5) is 0. The molecule has 5 heteroatoms. The number of hydrogen-bond acceptors (Lipinski definition) is 4. The molecule has 24 heavy (non-hydrogen) atoms. The highest BCUT2D eigenvalue weighted by atomic mass is 28.4. The van der Waals surface area contributed by atoms with Gasteiger partial charge in [0.25, 0.3) is 0 Å². The highest BCUT2D eigenvalue weighted by molar-refractivity contribution is 6.60. The molecular formula is C19H32O4Si. The van der Waals surface area contributed by atoms with Gasteiger partial charge in [-0.1, -0.05) is 31.9 Å². The van der Waals surface area contributed by atoms with Crippen LogP contribution in [0.5, 0.6) is 5.75 Å². The predicted octanol–water partition coefficient (Wildman–Crippen LogP) is 4.63. The second kappa shape index (κ2) is 9.56. The molecule has 1 aliphatic carbocycles. The Morgan fingerprint density at radius 1 is 0.917 bits per heavy atom. The van der Waals surface area contributed by atoms with Crippen LogP contribution in [0.2, 0.25) is 6.04 Å². The summed E-state index contributed by atoms with van der Waals surface area (Å²) in [6.07, 6.45) is 6.20. The van der Waals surface area contributed by atoms with Gasteiger partial charge in [-0.15, -0.1) is 0 Å². The van der Waals surface area contributed by atoms with Gasteiger partial charge in [0.15, 0.2) is 0 Å². The minimum atomic E-state index is -2.47. The van der Waals surface area contributed by atoms with Crippen molar-refractivity contribution < 1.29 is 18.0 Å². The van der Waals surface area contributed by atoms with Crippen LogP contribution in [-0.4, -0.2) is 36.7 Å². The predicted molar refractivity (Wildman–Crippen MR) is 98.5 cm³/mol. The quantitative estimate of drug-likeness (QED) is 0.480. The molecule has 1 saturated carbocycles. The summed E-state index contributed by atoms with van der Waals surface area (Å²) in [5.74, 6) is 2.56. The van der Waals surface area contributed by atoms with Gasteiger partial charge in [-0.2, -0.15) is 0 Å². The summed E-state index contributed by atoms with van der Waals surface area (Å²) in [5, 5.41) is 0. The van der Waals surface area contributed by atoms with Crippen molar-refractivity contribution in [3.8, 4) is 5.75 Å². The maximum absolute atomic E-state index is 5.85. The van der Waals surface area contributed by atoms with Crippen LogP contribution >= 0.6 is 0 Å². The number of benzene rings is 1. The van der Waals surface area contributed by atoms with Crippen molar-refractivity contribution in [3.05, 3.63) is 29.8 Å². The first-order chi connectivity index (χ1) is 11.6. The average molecular weight is 353 g/mol. The molecule has 0 unspecified atom stereocenters. The first-order valence-electron chi connectivity index (χ1n) is 9.00. The Balaban J connectivity index is 1.76. The van der Waals surface area contributed by atoms with Crippen molar-refractivity contribution >= 4 is 8.80 Å². The van der Waals surface area contributed by atoms with Gasteiger partial charge in [-0.25, -0.2) is 0 Å². The zero-order valence-corrected chi connectivity index (χ0v) is 16.5. The third kappa shape index (κ3) is 5.31. The largest absolute Gasteiger partial charge is 0.500 e. The van der Waals surface area contributed by atoms with E-state index in [9.17, 15) is 0 Å². The Morgan fingerprint density at radius 3 is 2.04 bits per heavy atom. The SMILES string of the molecule is CO[Si](CCCOc1ccc(C2CCC(C)CC2)cc1)(OC)OC. The molecule has 1 aromatic carbocycles. The van der Waals surface area contributed by atoms with E-state index in [4.69, 9.17) is 18.0 Å². The summed E-state index contributed by atoms with van der Waals surface area (Å²) >= 11 is 0. The van der Waals surface area contributed by atoms with Gasteiger partial charge in [-0.05, 0) is 48.8 Å². The number of ether oxygens (including phenoxy) is 1. The fourth-order valence-electron chi connectivity index (χ4n) is 3.46. The van der Waals surface area contributed by atoms with Crippen molar-refractivity contribution in [2.24, 2.45) is 5.92 Å². The lowest BCUT2D eigenvalue weighted by Crippen LogP contribution is -2.42. The van der Waals surface area contributed by atoms with Gasteiger partial charge in [0, 0.05) is 27.4 Å². The molecule has 0 N–H and O–H groups in total. The van der Waals surface area contributed by atoms with Crippen LogP contribution in [0.25, 0.3) is 0 Å². The van der Waals surface area contributed by atoms with Gasteiger partial charge in [0.1, 0.15) is 5.75 Å². The minimum absolute atomic E-state index is 0.644. The standard InChI is InChI=1S/C19H32O4Si/c1-16-6-8-17(9-7-16)18-10-12-19(13-11-18)23-14-5-15-24(20-2,21-3)22-4/h10-13,16-17H,5-9,14-15H2,1-4H3. The molecular weight excluding hydrogens is 320 g/mol. The summed E-state index contributed by atoms with van der Waals surface area (Å²) < 4.78 is 22.1. The topological polar surface area (TPSA) is 36.9 Å². The fourth-order valence-corrected chi connectivity index (χ4v) is 5.15. The molecule has 0 atom stereocenters. The molecule has 0 aromatic heterocycles. The molecule has 2 rings (SSSR count). The molecule has 1 fully saturated rings. The van der Waals surface area contributed by atoms with E-state index < -0.39 is 8.80 Å². The van der Waals surface area contributed by atoms with Crippen LogP contribution in [0.4, 0.5) is 0 Å². The van der Waals surface area contributed by atoms with Gasteiger partial charge >= 0.3 is 8.80 Å². The Morgan fingerprint density at radius 2 is 1.50 bits per heavy atom. The van der Waals surface area contributed by atoms with Gasteiger partial charge < -0.3 is 18.0 Å². The van der Waals surface area contributed by atoms with Crippen molar-refractivity contribution in [3.63, 3.8) is 0 Å². The molecule has 0 aliphatic heterocycles. The molecule has 0 saturated heterocycles. The molecule has 0 spiro atoms. The Hall–Kier alpha value is -0.883. The smallest absolute Gasteiger partial charge is 0.494 e. The van der Waals surface area contributed by atoms with E-state index in [1.54, 1.807) is 21.3 Å². The number of hydrogen-bond donors (Lipinski definition) is 0. The van der Waals surface area contributed by atoms with Gasteiger partial charge in [0.05, 0.1) is 6.61 Å². The van der Waals surface area contributed by atoms with Crippen molar-refractivity contribution in [1.82, 2.24) is 0 Å². The third-order valence-electron chi connectivity index (χ3n) is 5.20. The normalized spacial score (nSPS) is 21.7. The Bertz CT molecular complexity index is 456. The van der Waals surface area contributed by atoms with Crippen LogP contribution in [0.3, 0.4) is 0 Å². The molecule has 1 aliphatic rings. The third-order valence-corrected chi connectivity index (χ3v) is 8.03. The lowest BCUT2D eigenvalue weighted by molar-refractivity contribution is 0.121. The van der Waals surface area contributed by atoms with Crippen LogP contribution in [0, 0.1) is 5.92 Å².